The maximum Gasteiger partial charge on any atom is 0.573 e. The number of hydrogen-bond donors (Lipinski definition) is 1. The second kappa shape index (κ2) is 9.35. The van der Waals surface area contributed by atoms with Gasteiger partial charge < -0.3 is 14.6 Å². The van der Waals surface area contributed by atoms with Gasteiger partial charge in [0.15, 0.2) is 0 Å². The summed E-state index contributed by atoms with van der Waals surface area (Å²) in [5, 5.41) is 8.74. The van der Waals surface area contributed by atoms with Crippen LogP contribution in [0.15, 0.2) is 72.8 Å². The Kier molecular flexibility index (Phi) is 6.61. The van der Waals surface area contributed by atoms with Crippen molar-refractivity contribution in [2.75, 3.05) is 0 Å². The number of rotatable bonds is 8. The van der Waals surface area contributed by atoms with E-state index >= 15 is 0 Å². The second-order valence-electron chi connectivity index (χ2n) is 6.56. The quantitative estimate of drug-likeness (QED) is 0.501. The summed E-state index contributed by atoms with van der Waals surface area (Å²) < 4.78 is 46.7. The molecule has 0 aliphatic rings. The van der Waals surface area contributed by atoms with E-state index in [2.05, 4.69) is 4.74 Å². The van der Waals surface area contributed by atoms with Crippen LogP contribution in [0.25, 0.3) is 11.1 Å². The molecule has 30 heavy (non-hydrogen) atoms. The van der Waals surface area contributed by atoms with Gasteiger partial charge in [-0.15, -0.1) is 13.2 Å². The fourth-order valence-corrected chi connectivity index (χ4v) is 2.93. The minimum Gasteiger partial charge on any atom is -0.489 e. The van der Waals surface area contributed by atoms with Gasteiger partial charge in [-0.2, -0.15) is 0 Å². The van der Waals surface area contributed by atoms with Crippen LogP contribution in [0.2, 0.25) is 0 Å². The molecule has 0 aliphatic heterocycles. The van der Waals surface area contributed by atoms with Gasteiger partial charge in [-0.1, -0.05) is 48.5 Å². The van der Waals surface area contributed by atoms with E-state index in [1.54, 1.807) is 24.3 Å². The molecule has 0 saturated heterocycles. The molecule has 0 saturated carbocycles. The van der Waals surface area contributed by atoms with Crippen LogP contribution in [0.3, 0.4) is 0 Å². The highest BCUT2D eigenvalue weighted by atomic mass is 19.4. The molecule has 0 unspecified atom stereocenters. The molecule has 0 heterocycles. The van der Waals surface area contributed by atoms with Crippen LogP contribution in [0.1, 0.15) is 17.5 Å². The van der Waals surface area contributed by atoms with Gasteiger partial charge in [-0.3, -0.25) is 4.79 Å². The fourth-order valence-electron chi connectivity index (χ4n) is 2.93. The molecule has 1 N–H and O–H groups in total. The van der Waals surface area contributed by atoms with Crippen LogP contribution in [-0.4, -0.2) is 17.4 Å². The Morgan fingerprint density at radius 3 is 2.13 bits per heavy atom. The number of benzene rings is 3. The first-order valence-electron chi connectivity index (χ1n) is 9.18. The smallest absolute Gasteiger partial charge is 0.489 e. The molecule has 0 amide bonds. The van der Waals surface area contributed by atoms with E-state index in [-0.39, 0.29) is 18.8 Å². The number of carboxylic acid groups (broad SMARTS) is 1. The van der Waals surface area contributed by atoms with Gasteiger partial charge in [0, 0.05) is 6.42 Å². The number of ether oxygens (including phenoxy) is 2. The number of hydrogen-bond acceptors (Lipinski definition) is 3. The maximum atomic E-state index is 12.3. The molecular weight excluding hydrogens is 397 g/mol. The van der Waals surface area contributed by atoms with Crippen molar-refractivity contribution in [3.63, 3.8) is 0 Å². The molecule has 0 aromatic heterocycles. The first kappa shape index (κ1) is 21.2. The lowest BCUT2D eigenvalue weighted by molar-refractivity contribution is -0.274. The fraction of sp³-hybridized carbons (Fsp3) is 0.174. The second-order valence-corrected chi connectivity index (χ2v) is 6.56. The van der Waals surface area contributed by atoms with Gasteiger partial charge in [0.1, 0.15) is 18.1 Å². The average molecular weight is 416 g/mol. The lowest BCUT2D eigenvalue weighted by atomic mass is 10.00. The molecule has 0 atom stereocenters. The predicted molar refractivity (Wildman–Crippen MR) is 105 cm³/mol. The summed E-state index contributed by atoms with van der Waals surface area (Å²) in [7, 11) is 0. The largest absolute Gasteiger partial charge is 0.573 e. The number of carboxylic acids is 1. The molecule has 0 radical (unpaired) electrons. The Morgan fingerprint density at radius 2 is 1.50 bits per heavy atom. The lowest BCUT2D eigenvalue weighted by Gasteiger charge is -2.13. The summed E-state index contributed by atoms with van der Waals surface area (Å²) >= 11 is 0. The van der Waals surface area contributed by atoms with Crippen LogP contribution in [-0.2, 0) is 17.8 Å². The highest BCUT2D eigenvalue weighted by Gasteiger charge is 2.30. The van der Waals surface area contributed by atoms with E-state index in [0.29, 0.717) is 12.2 Å². The zero-order valence-corrected chi connectivity index (χ0v) is 15.9. The van der Waals surface area contributed by atoms with Crippen molar-refractivity contribution in [2.24, 2.45) is 0 Å². The Bertz CT molecular complexity index is 981. The molecule has 156 valence electrons. The highest BCUT2D eigenvalue weighted by Crippen LogP contribution is 2.29. The molecule has 3 rings (SSSR count). The lowest BCUT2D eigenvalue weighted by Crippen LogP contribution is -2.16. The molecule has 0 spiro atoms. The predicted octanol–water partition coefficient (Wildman–Crippen LogP) is 5.85. The van der Waals surface area contributed by atoms with Crippen molar-refractivity contribution in [3.8, 4) is 22.6 Å². The molecule has 7 heteroatoms. The maximum absolute atomic E-state index is 12.3. The summed E-state index contributed by atoms with van der Waals surface area (Å²) in [6.45, 7) is 0.269. The Balaban J connectivity index is 1.68. The van der Waals surface area contributed by atoms with Crippen molar-refractivity contribution in [3.05, 3.63) is 83.9 Å². The SMILES string of the molecule is O=C(O)CCc1ccc(OCc2ccccc2-c2ccc(OC(F)(F)F)cc2)cc1. The van der Waals surface area contributed by atoms with Gasteiger partial charge in [-0.05, 0) is 52.9 Å². The Labute approximate surface area is 171 Å². The van der Waals surface area contributed by atoms with E-state index < -0.39 is 12.3 Å². The Morgan fingerprint density at radius 1 is 0.867 bits per heavy atom. The standard InChI is InChI=1S/C23H19F3O4/c24-23(25,26)30-20-12-8-17(9-13-20)21-4-2-1-3-18(21)15-29-19-10-5-16(6-11-19)7-14-22(27)28/h1-6,8-13H,7,14-15H2,(H,27,28). The molecule has 0 fully saturated rings. The van der Waals surface area contributed by atoms with Crippen LogP contribution in [0.5, 0.6) is 11.5 Å². The molecule has 3 aromatic rings. The van der Waals surface area contributed by atoms with Crippen molar-refractivity contribution >= 4 is 5.97 Å². The number of alkyl halides is 3. The van der Waals surface area contributed by atoms with Crippen LogP contribution in [0.4, 0.5) is 13.2 Å². The minimum atomic E-state index is -4.73. The zero-order valence-electron chi connectivity index (χ0n) is 15.9. The average Bonchev–Trinajstić information content (AvgIpc) is 2.71. The molecule has 3 aromatic carbocycles. The number of aryl methyl sites for hydroxylation is 1. The summed E-state index contributed by atoms with van der Waals surface area (Å²) in [6.07, 6.45) is -4.21. The number of halogens is 3. The summed E-state index contributed by atoms with van der Waals surface area (Å²) in [4.78, 5) is 10.6. The van der Waals surface area contributed by atoms with Crippen molar-refractivity contribution < 1.29 is 32.5 Å². The third-order valence-corrected chi connectivity index (χ3v) is 4.36. The van der Waals surface area contributed by atoms with Crippen LogP contribution < -0.4 is 9.47 Å². The molecule has 0 bridgehead atoms. The topological polar surface area (TPSA) is 55.8 Å². The number of aliphatic carboxylic acids is 1. The Hall–Kier alpha value is -3.48. The number of carbonyl (C=O) groups is 1. The van der Waals surface area contributed by atoms with E-state index in [1.807, 2.05) is 36.4 Å². The summed E-state index contributed by atoms with van der Waals surface area (Å²) in [5.74, 6) is -0.481. The van der Waals surface area contributed by atoms with Gasteiger partial charge in [0.2, 0.25) is 0 Å². The van der Waals surface area contributed by atoms with E-state index in [4.69, 9.17) is 9.84 Å². The monoisotopic (exact) mass is 416 g/mol. The molecule has 4 nitrogen and oxygen atoms in total. The van der Waals surface area contributed by atoms with Gasteiger partial charge in [0.25, 0.3) is 0 Å². The summed E-state index contributed by atoms with van der Waals surface area (Å²) in [5.41, 5.74) is 3.37. The zero-order chi connectivity index (χ0) is 21.6. The normalized spacial score (nSPS) is 11.2. The first-order valence-corrected chi connectivity index (χ1v) is 9.18. The van der Waals surface area contributed by atoms with Gasteiger partial charge >= 0.3 is 12.3 Å². The van der Waals surface area contributed by atoms with Crippen LogP contribution >= 0.6 is 0 Å². The molecular formula is C23H19F3O4. The van der Waals surface area contributed by atoms with E-state index in [9.17, 15) is 18.0 Å². The van der Waals surface area contributed by atoms with E-state index in [0.717, 1.165) is 22.3 Å². The minimum absolute atomic E-state index is 0.0698. The first-order chi connectivity index (χ1) is 14.3. The summed E-state index contributed by atoms with van der Waals surface area (Å²) in [6, 6.07) is 20.3. The third-order valence-electron chi connectivity index (χ3n) is 4.36. The highest BCUT2D eigenvalue weighted by molar-refractivity contribution is 5.68. The van der Waals surface area contributed by atoms with E-state index in [1.165, 1.54) is 12.1 Å². The van der Waals surface area contributed by atoms with Gasteiger partial charge in [0.05, 0.1) is 0 Å². The van der Waals surface area contributed by atoms with Crippen LogP contribution in [0, 0.1) is 0 Å². The molecule has 0 aliphatic carbocycles. The van der Waals surface area contributed by atoms with Crippen molar-refractivity contribution in [1.82, 2.24) is 0 Å². The van der Waals surface area contributed by atoms with Gasteiger partial charge in [-0.25, -0.2) is 0 Å². The van der Waals surface area contributed by atoms with Crippen molar-refractivity contribution in [1.29, 1.82) is 0 Å². The van der Waals surface area contributed by atoms with Crippen molar-refractivity contribution in [2.45, 2.75) is 25.8 Å². The third kappa shape index (κ3) is 6.27.